The zero-order valence-corrected chi connectivity index (χ0v) is 13.8. The maximum atomic E-state index is 13.4. The van der Waals surface area contributed by atoms with Crippen LogP contribution in [0.2, 0.25) is 0 Å². The van der Waals surface area contributed by atoms with Crippen molar-refractivity contribution in [2.24, 2.45) is 0 Å². The summed E-state index contributed by atoms with van der Waals surface area (Å²) >= 11 is 0. The molecule has 0 fully saturated rings. The van der Waals surface area contributed by atoms with Gasteiger partial charge in [0.25, 0.3) is 5.56 Å². The number of nitrogens with zero attached hydrogens (tertiary/aromatic N) is 2. The van der Waals surface area contributed by atoms with Crippen molar-refractivity contribution in [1.82, 2.24) is 4.57 Å². The van der Waals surface area contributed by atoms with E-state index in [9.17, 15) is 4.79 Å². The first kappa shape index (κ1) is 14.6. The Morgan fingerprint density at radius 1 is 1.12 bits per heavy atom. The van der Waals surface area contributed by atoms with E-state index in [1.807, 2.05) is 47.0 Å². The predicted octanol–water partition coefficient (Wildman–Crippen LogP) is 3.48. The number of benzene rings is 2. The highest BCUT2D eigenvalue weighted by Crippen LogP contribution is 2.38. The molecule has 3 nitrogen and oxygen atoms in total. The number of rotatable bonds is 2. The van der Waals surface area contributed by atoms with Gasteiger partial charge in [-0.15, -0.1) is 6.42 Å². The van der Waals surface area contributed by atoms with Crippen LogP contribution in [-0.2, 0) is 13.0 Å². The summed E-state index contributed by atoms with van der Waals surface area (Å²) in [6.45, 7) is 2.90. The number of terminal acetylenes is 1. The van der Waals surface area contributed by atoms with E-state index in [2.05, 4.69) is 24.8 Å². The quantitative estimate of drug-likeness (QED) is 0.677. The number of hydrogen-bond acceptors (Lipinski definition) is 2. The van der Waals surface area contributed by atoms with Crippen LogP contribution in [0.5, 0.6) is 0 Å². The van der Waals surface area contributed by atoms with Crippen LogP contribution in [0.15, 0.2) is 47.3 Å². The average Bonchev–Trinajstić information content (AvgIpc) is 2.95. The molecule has 0 atom stereocenters. The molecule has 0 saturated heterocycles. The molecule has 0 unspecified atom stereocenters. The molecule has 4 rings (SSSR count). The fourth-order valence-corrected chi connectivity index (χ4v) is 3.79. The lowest BCUT2D eigenvalue weighted by molar-refractivity contribution is 0.846. The van der Waals surface area contributed by atoms with E-state index in [1.165, 1.54) is 5.56 Å². The lowest BCUT2D eigenvalue weighted by atomic mass is 9.99. The zero-order chi connectivity index (χ0) is 16.8. The lowest BCUT2D eigenvalue weighted by Crippen LogP contribution is -2.24. The Morgan fingerprint density at radius 3 is 2.54 bits per heavy atom. The van der Waals surface area contributed by atoms with Crippen molar-refractivity contribution in [1.29, 1.82) is 0 Å². The second-order valence-corrected chi connectivity index (χ2v) is 6.14. The van der Waals surface area contributed by atoms with E-state index in [0.717, 1.165) is 35.4 Å². The van der Waals surface area contributed by atoms with Crippen LogP contribution >= 0.6 is 0 Å². The van der Waals surface area contributed by atoms with Crippen molar-refractivity contribution in [3.05, 3.63) is 69.6 Å². The van der Waals surface area contributed by atoms with Gasteiger partial charge in [-0.05, 0) is 30.7 Å². The zero-order valence-electron chi connectivity index (χ0n) is 13.8. The van der Waals surface area contributed by atoms with Gasteiger partial charge in [-0.3, -0.25) is 9.36 Å². The standard InChI is InChI=1S/C21H18N2O/c1-4-14-11-12-18-20-16(13-22(18)3)17(5-2)23(21(24)19(14)20)15-9-7-6-8-10-15/h1,6-12H,5,13H2,2-3H3. The predicted molar refractivity (Wildman–Crippen MR) is 99.0 cm³/mol. The van der Waals surface area contributed by atoms with Crippen molar-refractivity contribution in [2.75, 3.05) is 11.9 Å². The van der Waals surface area contributed by atoms with E-state index >= 15 is 0 Å². The summed E-state index contributed by atoms with van der Waals surface area (Å²) in [7, 11) is 2.06. The van der Waals surface area contributed by atoms with Crippen LogP contribution in [0.25, 0.3) is 16.5 Å². The summed E-state index contributed by atoms with van der Waals surface area (Å²) in [5.41, 5.74) is 4.90. The Hall–Kier alpha value is -2.99. The summed E-state index contributed by atoms with van der Waals surface area (Å²) in [6.07, 6.45) is 6.48. The van der Waals surface area contributed by atoms with E-state index < -0.39 is 0 Å². The monoisotopic (exact) mass is 314 g/mol. The SMILES string of the molecule is C#Cc1ccc2c3c(c(CC)n(-c4ccccc4)c(=O)c13)CN2C. The maximum Gasteiger partial charge on any atom is 0.264 e. The number of anilines is 1. The molecule has 118 valence electrons. The Labute approximate surface area is 141 Å². The van der Waals surface area contributed by atoms with Gasteiger partial charge in [0.05, 0.1) is 5.39 Å². The minimum absolute atomic E-state index is 0.0260. The third kappa shape index (κ3) is 1.83. The Morgan fingerprint density at radius 2 is 1.88 bits per heavy atom. The minimum Gasteiger partial charge on any atom is -0.370 e. The van der Waals surface area contributed by atoms with E-state index in [0.29, 0.717) is 10.9 Å². The molecule has 3 aromatic rings. The Kier molecular flexibility index (Phi) is 3.21. The Balaban J connectivity index is 2.25. The molecule has 2 aromatic carbocycles. The normalized spacial score (nSPS) is 12.6. The highest BCUT2D eigenvalue weighted by molar-refractivity contribution is 6.02. The molecule has 0 bridgehead atoms. The number of aromatic nitrogens is 1. The fraction of sp³-hybridized carbons (Fsp3) is 0.190. The van der Waals surface area contributed by atoms with Gasteiger partial charge in [0.2, 0.25) is 0 Å². The van der Waals surface area contributed by atoms with Crippen LogP contribution in [0.4, 0.5) is 5.69 Å². The molecule has 1 aliphatic heterocycles. The first-order valence-corrected chi connectivity index (χ1v) is 8.14. The van der Waals surface area contributed by atoms with Crippen molar-refractivity contribution >= 4 is 16.5 Å². The molecular formula is C21H18N2O. The molecule has 0 spiro atoms. The summed E-state index contributed by atoms with van der Waals surface area (Å²) in [5, 5.41) is 1.69. The van der Waals surface area contributed by atoms with Crippen LogP contribution < -0.4 is 10.5 Å². The van der Waals surface area contributed by atoms with Gasteiger partial charge in [-0.25, -0.2) is 0 Å². The molecule has 0 saturated carbocycles. The molecule has 0 N–H and O–H groups in total. The van der Waals surface area contributed by atoms with Crippen molar-refractivity contribution in [3.8, 4) is 18.0 Å². The van der Waals surface area contributed by atoms with Crippen LogP contribution in [0.1, 0.15) is 23.7 Å². The van der Waals surface area contributed by atoms with Gasteiger partial charge in [-0.2, -0.15) is 0 Å². The number of hydrogen-bond donors (Lipinski definition) is 0. The summed E-state index contributed by atoms with van der Waals surface area (Å²) in [5.74, 6) is 2.69. The van der Waals surface area contributed by atoms with Crippen molar-refractivity contribution in [2.45, 2.75) is 19.9 Å². The summed E-state index contributed by atoms with van der Waals surface area (Å²) in [4.78, 5) is 15.6. The van der Waals surface area contributed by atoms with E-state index in [4.69, 9.17) is 6.42 Å². The summed E-state index contributed by atoms with van der Waals surface area (Å²) < 4.78 is 1.83. The second kappa shape index (κ2) is 5.28. The topological polar surface area (TPSA) is 25.2 Å². The molecule has 0 aliphatic carbocycles. The largest absolute Gasteiger partial charge is 0.370 e. The van der Waals surface area contributed by atoms with Gasteiger partial charge < -0.3 is 4.90 Å². The van der Waals surface area contributed by atoms with Gasteiger partial charge >= 0.3 is 0 Å². The van der Waals surface area contributed by atoms with Gasteiger partial charge in [0.15, 0.2) is 0 Å². The molecule has 2 heterocycles. The first-order chi connectivity index (χ1) is 11.7. The van der Waals surface area contributed by atoms with Crippen LogP contribution in [0.3, 0.4) is 0 Å². The van der Waals surface area contributed by atoms with Gasteiger partial charge in [0.1, 0.15) is 0 Å². The molecule has 3 heteroatoms. The van der Waals surface area contributed by atoms with Gasteiger partial charge in [-0.1, -0.05) is 31.0 Å². The summed E-state index contributed by atoms with van der Waals surface area (Å²) in [6, 6.07) is 13.7. The molecule has 1 aromatic heterocycles. The van der Waals surface area contributed by atoms with Crippen LogP contribution in [0, 0.1) is 12.3 Å². The molecule has 1 aliphatic rings. The first-order valence-electron chi connectivity index (χ1n) is 8.14. The fourth-order valence-electron chi connectivity index (χ4n) is 3.79. The molecule has 0 amide bonds. The van der Waals surface area contributed by atoms with E-state index in [1.54, 1.807) is 0 Å². The molecule has 24 heavy (non-hydrogen) atoms. The number of para-hydroxylation sites is 1. The maximum absolute atomic E-state index is 13.4. The average molecular weight is 314 g/mol. The van der Waals surface area contributed by atoms with Crippen LogP contribution in [-0.4, -0.2) is 11.6 Å². The minimum atomic E-state index is -0.0260. The number of pyridine rings is 1. The second-order valence-electron chi connectivity index (χ2n) is 6.14. The van der Waals surface area contributed by atoms with Crippen molar-refractivity contribution in [3.63, 3.8) is 0 Å². The van der Waals surface area contributed by atoms with E-state index in [-0.39, 0.29) is 5.56 Å². The molecular weight excluding hydrogens is 296 g/mol. The lowest BCUT2D eigenvalue weighted by Gasteiger charge is -2.17. The third-order valence-electron chi connectivity index (χ3n) is 4.83. The third-order valence-corrected chi connectivity index (χ3v) is 4.83. The molecule has 0 radical (unpaired) electrons. The Bertz CT molecular complexity index is 1060. The smallest absolute Gasteiger partial charge is 0.264 e. The highest BCUT2D eigenvalue weighted by atomic mass is 16.1. The van der Waals surface area contributed by atoms with Gasteiger partial charge in [0, 0.05) is 47.2 Å². The highest BCUT2D eigenvalue weighted by Gasteiger charge is 2.27. The van der Waals surface area contributed by atoms with Crippen molar-refractivity contribution < 1.29 is 0 Å².